The van der Waals surface area contributed by atoms with E-state index in [0.717, 1.165) is 16.9 Å². The summed E-state index contributed by atoms with van der Waals surface area (Å²) in [6.45, 7) is 4.82. The number of rotatable bonds is 9. The second-order valence-corrected chi connectivity index (χ2v) is 9.34. The highest BCUT2D eigenvalue weighted by atomic mass is 32.1. The Morgan fingerprint density at radius 3 is 2.25 bits per heavy atom. The summed E-state index contributed by atoms with van der Waals surface area (Å²) in [5, 5.41) is 17.7. The summed E-state index contributed by atoms with van der Waals surface area (Å²) < 4.78 is 10.6. The van der Waals surface area contributed by atoms with Crippen LogP contribution in [-0.4, -0.2) is 63.2 Å². The van der Waals surface area contributed by atoms with E-state index in [-0.39, 0.29) is 25.5 Å². The van der Waals surface area contributed by atoms with Crippen molar-refractivity contribution in [3.05, 3.63) is 65.7 Å². The number of nitrogens with zero attached hydrogens (tertiary/aromatic N) is 1. The van der Waals surface area contributed by atoms with Crippen LogP contribution in [0.5, 0.6) is 5.75 Å². The number of carboxylic acid groups (broad SMARTS) is 2. The standard InChI is InChI=1S/C16H17NO3.C10H15NO4S/c17-15(16(18)19)10-12-6-8-14(9-7-12)20-11-13-4-2-1-3-5-13;1-6(2)5-15-10(14)11-4-7(16)3-8(11)9(12)13/h1-9,15H,10-11,17H2,(H,18,19);6,8H,3-5H2,1-2H3,(H,12,13)/t15-;8-/m00/s1. The number of hydrogen-bond acceptors (Lipinski definition) is 7. The predicted octanol–water partition coefficient (Wildman–Crippen LogP) is 3.53. The Kier molecular flexibility index (Phi) is 11.3. The van der Waals surface area contributed by atoms with Gasteiger partial charge in [-0.05, 0) is 35.6 Å². The van der Waals surface area contributed by atoms with Gasteiger partial charge in [-0.2, -0.15) is 0 Å². The first kappa shape index (κ1) is 28.7. The SMILES string of the molecule is CC(C)COC(=O)N1CC(=S)C[C@H]1C(=O)O.N[C@@H](Cc1ccc(OCc2ccccc2)cc1)C(=O)O. The number of ether oxygens (including phenoxy) is 2. The summed E-state index contributed by atoms with van der Waals surface area (Å²) in [4.78, 5) is 34.9. The average molecular weight is 517 g/mol. The summed E-state index contributed by atoms with van der Waals surface area (Å²) in [6, 6.07) is 15.5. The lowest BCUT2D eigenvalue weighted by Crippen LogP contribution is -2.41. The van der Waals surface area contributed by atoms with Gasteiger partial charge in [-0.15, -0.1) is 0 Å². The molecule has 0 spiro atoms. The van der Waals surface area contributed by atoms with Crippen LogP contribution in [0.3, 0.4) is 0 Å². The molecule has 1 heterocycles. The minimum atomic E-state index is -1.04. The van der Waals surface area contributed by atoms with Crippen LogP contribution in [0.1, 0.15) is 31.4 Å². The molecule has 9 nitrogen and oxygen atoms in total. The Balaban J connectivity index is 0.000000261. The van der Waals surface area contributed by atoms with Crippen LogP contribution in [0.2, 0.25) is 0 Å². The predicted molar refractivity (Wildman–Crippen MR) is 138 cm³/mol. The van der Waals surface area contributed by atoms with E-state index in [0.29, 0.717) is 17.9 Å². The molecule has 4 N–H and O–H groups in total. The lowest BCUT2D eigenvalue weighted by molar-refractivity contribution is -0.141. The Hall–Kier alpha value is -3.50. The van der Waals surface area contributed by atoms with E-state index in [1.807, 2.05) is 68.4 Å². The zero-order valence-corrected chi connectivity index (χ0v) is 21.1. The van der Waals surface area contributed by atoms with Crippen molar-refractivity contribution >= 4 is 35.1 Å². The van der Waals surface area contributed by atoms with Crippen molar-refractivity contribution in [3.63, 3.8) is 0 Å². The molecule has 2 atom stereocenters. The number of carbonyl (C=O) groups excluding carboxylic acids is 1. The summed E-state index contributed by atoms with van der Waals surface area (Å²) in [5.41, 5.74) is 7.47. The molecule has 1 saturated heterocycles. The van der Waals surface area contributed by atoms with Crippen molar-refractivity contribution < 1.29 is 34.1 Å². The summed E-state index contributed by atoms with van der Waals surface area (Å²) in [7, 11) is 0. The molecule has 1 aliphatic rings. The van der Waals surface area contributed by atoms with Crippen LogP contribution in [-0.2, 0) is 27.4 Å². The maximum atomic E-state index is 11.6. The number of aliphatic carboxylic acids is 2. The molecule has 3 rings (SSSR count). The molecule has 0 radical (unpaired) electrons. The van der Waals surface area contributed by atoms with Crippen molar-refractivity contribution in [2.24, 2.45) is 11.7 Å². The van der Waals surface area contributed by atoms with Gasteiger partial charge >= 0.3 is 18.0 Å². The molecule has 1 aliphatic heterocycles. The summed E-state index contributed by atoms with van der Waals surface area (Å²) >= 11 is 4.93. The van der Waals surface area contributed by atoms with E-state index >= 15 is 0 Å². The van der Waals surface area contributed by atoms with Gasteiger partial charge in [0.15, 0.2) is 0 Å². The number of benzene rings is 2. The maximum Gasteiger partial charge on any atom is 0.410 e. The van der Waals surface area contributed by atoms with Gasteiger partial charge < -0.3 is 25.4 Å². The molecule has 0 saturated carbocycles. The molecule has 2 aromatic carbocycles. The average Bonchev–Trinajstić information content (AvgIpc) is 3.25. The van der Waals surface area contributed by atoms with Crippen LogP contribution in [0.15, 0.2) is 54.6 Å². The summed E-state index contributed by atoms with van der Waals surface area (Å²) in [5.74, 6) is -1.06. The van der Waals surface area contributed by atoms with Crippen molar-refractivity contribution in [1.82, 2.24) is 4.90 Å². The Bertz CT molecular complexity index is 1030. The van der Waals surface area contributed by atoms with E-state index < -0.39 is 30.1 Å². The molecule has 0 aliphatic carbocycles. The minimum Gasteiger partial charge on any atom is -0.489 e. The quantitative estimate of drug-likeness (QED) is 0.427. The smallest absolute Gasteiger partial charge is 0.410 e. The van der Waals surface area contributed by atoms with Crippen LogP contribution in [0.4, 0.5) is 4.79 Å². The topological polar surface area (TPSA) is 139 Å². The minimum absolute atomic E-state index is 0.198. The Labute approximate surface area is 215 Å². The lowest BCUT2D eigenvalue weighted by Gasteiger charge is -2.20. The normalized spacial score (nSPS) is 15.6. The first-order chi connectivity index (χ1) is 17.1. The zero-order chi connectivity index (χ0) is 26.7. The number of carboxylic acids is 2. The number of nitrogens with two attached hydrogens (primary N) is 1. The van der Waals surface area contributed by atoms with Gasteiger partial charge in [-0.25, -0.2) is 9.59 Å². The number of thiocarbonyl (C=S) groups is 1. The largest absolute Gasteiger partial charge is 0.489 e. The molecule has 0 aromatic heterocycles. The van der Waals surface area contributed by atoms with Crippen molar-refractivity contribution in [2.75, 3.05) is 13.2 Å². The third-order valence-corrected chi connectivity index (χ3v) is 5.44. The number of carbonyl (C=O) groups is 3. The van der Waals surface area contributed by atoms with E-state index in [2.05, 4.69) is 0 Å². The molecule has 2 aromatic rings. The zero-order valence-electron chi connectivity index (χ0n) is 20.3. The van der Waals surface area contributed by atoms with Crippen molar-refractivity contribution in [1.29, 1.82) is 0 Å². The molecule has 1 amide bonds. The molecule has 194 valence electrons. The highest BCUT2D eigenvalue weighted by Crippen LogP contribution is 2.18. The lowest BCUT2D eigenvalue weighted by atomic mass is 10.1. The number of hydrogen-bond donors (Lipinski definition) is 3. The van der Waals surface area contributed by atoms with Gasteiger partial charge in [-0.1, -0.05) is 68.5 Å². The van der Waals surface area contributed by atoms with Gasteiger partial charge in [0.25, 0.3) is 0 Å². The van der Waals surface area contributed by atoms with Gasteiger partial charge in [0.05, 0.1) is 13.2 Å². The molecular weight excluding hydrogens is 484 g/mol. The number of likely N-dealkylation sites (tertiary alicyclic amines) is 1. The van der Waals surface area contributed by atoms with Crippen LogP contribution in [0.25, 0.3) is 0 Å². The van der Waals surface area contributed by atoms with Gasteiger partial charge in [0.1, 0.15) is 24.4 Å². The Morgan fingerprint density at radius 1 is 1.06 bits per heavy atom. The third kappa shape index (κ3) is 9.63. The maximum absolute atomic E-state index is 11.6. The van der Waals surface area contributed by atoms with Crippen LogP contribution >= 0.6 is 12.2 Å². The van der Waals surface area contributed by atoms with Crippen molar-refractivity contribution in [2.45, 2.75) is 45.4 Å². The van der Waals surface area contributed by atoms with Gasteiger partial charge in [-0.3, -0.25) is 9.69 Å². The fourth-order valence-electron chi connectivity index (χ4n) is 3.23. The highest BCUT2D eigenvalue weighted by molar-refractivity contribution is 7.80. The second-order valence-electron chi connectivity index (χ2n) is 8.76. The number of amides is 1. The fourth-order valence-corrected chi connectivity index (χ4v) is 3.52. The van der Waals surface area contributed by atoms with Gasteiger partial charge in [0, 0.05) is 11.3 Å². The third-order valence-electron chi connectivity index (χ3n) is 5.15. The molecule has 0 bridgehead atoms. The molecule has 1 fully saturated rings. The first-order valence-electron chi connectivity index (χ1n) is 11.5. The molecule has 10 heteroatoms. The van der Waals surface area contributed by atoms with E-state index in [9.17, 15) is 14.4 Å². The van der Waals surface area contributed by atoms with Crippen LogP contribution in [0, 0.1) is 5.92 Å². The van der Waals surface area contributed by atoms with E-state index in [4.69, 9.17) is 37.6 Å². The molecule has 0 unspecified atom stereocenters. The van der Waals surface area contributed by atoms with E-state index in [1.54, 1.807) is 0 Å². The molecular formula is C26H32N2O7S. The monoisotopic (exact) mass is 516 g/mol. The summed E-state index contributed by atoms with van der Waals surface area (Å²) in [6.07, 6.45) is -0.0450. The fraction of sp³-hybridized carbons (Fsp3) is 0.385. The van der Waals surface area contributed by atoms with E-state index in [1.165, 1.54) is 4.90 Å². The highest BCUT2D eigenvalue weighted by Gasteiger charge is 2.37. The van der Waals surface area contributed by atoms with Crippen LogP contribution < -0.4 is 10.5 Å². The Morgan fingerprint density at radius 2 is 1.69 bits per heavy atom. The second kappa shape index (κ2) is 14.2. The van der Waals surface area contributed by atoms with Crippen molar-refractivity contribution in [3.8, 4) is 5.75 Å². The van der Waals surface area contributed by atoms with Gasteiger partial charge in [0.2, 0.25) is 0 Å². The molecule has 36 heavy (non-hydrogen) atoms. The first-order valence-corrected chi connectivity index (χ1v) is 11.9.